The number of hydrogen-bond acceptors (Lipinski definition) is 6. The minimum atomic E-state index is 0.539. The van der Waals surface area contributed by atoms with Crippen LogP contribution in [-0.2, 0) is 12.3 Å². The van der Waals surface area contributed by atoms with Gasteiger partial charge in [-0.1, -0.05) is 71.5 Å². The lowest BCUT2D eigenvalue weighted by molar-refractivity contribution is 0.391. The van der Waals surface area contributed by atoms with Crippen LogP contribution in [0, 0.1) is 6.92 Å². The van der Waals surface area contributed by atoms with Crippen molar-refractivity contribution in [2.75, 3.05) is 0 Å². The van der Waals surface area contributed by atoms with Crippen LogP contribution in [0.15, 0.2) is 64.3 Å². The van der Waals surface area contributed by atoms with E-state index in [1.807, 2.05) is 37.3 Å². The molecule has 7 heteroatoms. The van der Waals surface area contributed by atoms with E-state index in [1.54, 1.807) is 11.8 Å². The molecule has 2 aromatic heterocycles. The number of aryl methyl sites for hydroxylation is 1. The first-order valence-corrected chi connectivity index (χ1v) is 10.7. The summed E-state index contributed by atoms with van der Waals surface area (Å²) in [5.41, 5.74) is 3.37. The molecule has 0 amide bonds. The smallest absolute Gasteiger partial charge is 0.237 e. The summed E-state index contributed by atoms with van der Waals surface area (Å²) in [4.78, 5) is 4.57. The van der Waals surface area contributed by atoms with E-state index in [4.69, 9.17) is 4.52 Å². The van der Waals surface area contributed by atoms with Gasteiger partial charge in [-0.05, 0) is 30.9 Å². The molecule has 0 N–H and O–H groups in total. The Morgan fingerprint density at radius 1 is 1.03 bits per heavy atom. The molecule has 1 fully saturated rings. The van der Waals surface area contributed by atoms with Crippen LogP contribution in [0.3, 0.4) is 0 Å². The molecule has 5 rings (SSSR count). The predicted molar refractivity (Wildman–Crippen MR) is 112 cm³/mol. The second-order valence-electron chi connectivity index (χ2n) is 7.30. The number of rotatable bonds is 7. The maximum absolute atomic E-state index is 5.48. The first kappa shape index (κ1) is 18.1. The van der Waals surface area contributed by atoms with Crippen LogP contribution in [-0.4, -0.2) is 24.9 Å². The Morgan fingerprint density at radius 2 is 1.83 bits per heavy atom. The quantitative estimate of drug-likeness (QED) is 0.411. The van der Waals surface area contributed by atoms with Gasteiger partial charge in [0.25, 0.3) is 0 Å². The molecule has 0 bridgehead atoms. The lowest BCUT2D eigenvalue weighted by atomic mass is 10.1. The van der Waals surface area contributed by atoms with E-state index in [9.17, 15) is 0 Å². The van der Waals surface area contributed by atoms with E-state index in [-0.39, 0.29) is 0 Å². The highest BCUT2D eigenvalue weighted by molar-refractivity contribution is 7.98. The van der Waals surface area contributed by atoms with Crippen molar-refractivity contribution < 1.29 is 4.52 Å². The third-order valence-corrected chi connectivity index (χ3v) is 6.00. The van der Waals surface area contributed by atoms with Crippen molar-refractivity contribution in [3.05, 3.63) is 77.4 Å². The normalized spacial score (nSPS) is 13.7. The van der Waals surface area contributed by atoms with Crippen LogP contribution in [0.25, 0.3) is 11.4 Å². The van der Waals surface area contributed by atoms with Crippen molar-refractivity contribution in [1.29, 1.82) is 0 Å². The fraction of sp³-hybridized carbons (Fsp3) is 0.273. The molecule has 1 aliphatic rings. The molecule has 6 nitrogen and oxygen atoms in total. The molecule has 29 heavy (non-hydrogen) atoms. The zero-order chi connectivity index (χ0) is 19.6. The summed E-state index contributed by atoms with van der Waals surface area (Å²) < 4.78 is 7.71. The summed E-state index contributed by atoms with van der Waals surface area (Å²) >= 11 is 1.59. The topological polar surface area (TPSA) is 69.6 Å². The van der Waals surface area contributed by atoms with Crippen molar-refractivity contribution in [2.24, 2.45) is 0 Å². The molecule has 0 saturated heterocycles. The lowest BCUT2D eigenvalue weighted by Crippen LogP contribution is -2.06. The molecule has 146 valence electrons. The Morgan fingerprint density at radius 3 is 2.62 bits per heavy atom. The largest absolute Gasteiger partial charge is 0.338 e. The number of aromatic nitrogens is 5. The minimum Gasteiger partial charge on any atom is -0.338 e. The standard InChI is InChI=1S/C22H21N5OS/c1-15-7-5-6-10-18(15)20-23-19(28-26-20)14-29-22-25-24-21(17-11-12-17)27(22)13-16-8-3-2-4-9-16/h2-10,17H,11-14H2,1H3. The molecule has 1 saturated carbocycles. The van der Waals surface area contributed by atoms with Crippen molar-refractivity contribution in [3.63, 3.8) is 0 Å². The molecular formula is C22H21N5OS. The zero-order valence-electron chi connectivity index (χ0n) is 16.2. The highest BCUT2D eigenvalue weighted by atomic mass is 32.2. The monoisotopic (exact) mass is 403 g/mol. The SMILES string of the molecule is Cc1ccccc1-c1noc(CSc2nnc(C3CC3)n2Cc2ccccc2)n1. The van der Waals surface area contributed by atoms with E-state index < -0.39 is 0 Å². The first-order chi connectivity index (χ1) is 14.3. The van der Waals surface area contributed by atoms with Gasteiger partial charge in [-0.15, -0.1) is 10.2 Å². The second kappa shape index (κ2) is 7.83. The van der Waals surface area contributed by atoms with Crippen molar-refractivity contribution in [1.82, 2.24) is 24.9 Å². The Hall–Kier alpha value is -2.93. The van der Waals surface area contributed by atoms with Gasteiger partial charge in [-0.25, -0.2) is 0 Å². The fourth-order valence-electron chi connectivity index (χ4n) is 3.34. The van der Waals surface area contributed by atoms with E-state index >= 15 is 0 Å². The zero-order valence-corrected chi connectivity index (χ0v) is 17.0. The van der Waals surface area contributed by atoms with Gasteiger partial charge in [0.2, 0.25) is 11.7 Å². The minimum absolute atomic E-state index is 0.539. The average molecular weight is 404 g/mol. The molecule has 0 radical (unpaired) electrons. The summed E-state index contributed by atoms with van der Waals surface area (Å²) in [5, 5.41) is 14.0. The Bertz CT molecular complexity index is 1120. The maximum Gasteiger partial charge on any atom is 0.237 e. The number of nitrogens with zero attached hydrogens (tertiary/aromatic N) is 5. The van der Waals surface area contributed by atoms with E-state index in [2.05, 4.69) is 49.2 Å². The van der Waals surface area contributed by atoms with Gasteiger partial charge in [0, 0.05) is 11.5 Å². The third-order valence-electron chi connectivity index (χ3n) is 5.05. The summed E-state index contributed by atoms with van der Waals surface area (Å²) in [7, 11) is 0. The Kier molecular flexibility index (Phi) is 4.89. The molecule has 1 aliphatic carbocycles. The van der Waals surface area contributed by atoms with Crippen LogP contribution >= 0.6 is 11.8 Å². The van der Waals surface area contributed by atoms with E-state index in [1.165, 1.54) is 18.4 Å². The van der Waals surface area contributed by atoms with Crippen molar-refractivity contribution >= 4 is 11.8 Å². The van der Waals surface area contributed by atoms with Gasteiger partial charge < -0.3 is 9.09 Å². The van der Waals surface area contributed by atoms with Gasteiger partial charge >= 0.3 is 0 Å². The molecule has 4 aromatic rings. The maximum atomic E-state index is 5.48. The van der Waals surface area contributed by atoms with Gasteiger partial charge in [0.15, 0.2) is 5.16 Å². The summed E-state index contributed by atoms with van der Waals surface area (Å²) in [5.74, 6) is 3.41. The third kappa shape index (κ3) is 3.96. The Balaban J connectivity index is 1.34. The van der Waals surface area contributed by atoms with Crippen molar-refractivity contribution in [3.8, 4) is 11.4 Å². The van der Waals surface area contributed by atoms with Crippen LogP contribution < -0.4 is 0 Å². The molecule has 0 atom stereocenters. The highest BCUT2D eigenvalue weighted by Crippen LogP contribution is 2.40. The second-order valence-corrected chi connectivity index (χ2v) is 8.24. The summed E-state index contributed by atoms with van der Waals surface area (Å²) in [6, 6.07) is 18.5. The molecule has 2 heterocycles. The molecular weight excluding hydrogens is 382 g/mol. The molecule has 2 aromatic carbocycles. The number of benzene rings is 2. The summed E-state index contributed by atoms with van der Waals surface area (Å²) in [6.07, 6.45) is 2.39. The fourth-order valence-corrected chi connectivity index (χ4v) is 4.12. The van der Waals surface area contributed by atoms with Gasteiger partial charge in [0.05, 0.1) is 12.3 Å². The summed E-state index contributed by atoms with van der Waals surface area (Å²) in [6.45, 7) is 2.83. The number of hydrogen-bond donors (Lipinski definition) is 0. The molecule has 0 unspecified atom stereocenters. The molecule has 0 spiro atoms. The van der Waals surface area contributed by atoms with E-state index in [0.29, 0.717) is 23.4 Å². The van der Waals surface area contributed by atoms with Gasteiger partial charge in [0.1, 0.15) is 5.82 Å². The van der Waals surface area contributed by atoms with Gasteiger partial charge in [-0.3, -0.25) is 0 Å². The average Bonchev–Trinajstić information content (AvgIpc) is 3.35. The van der Waals surface area contributed by atoms with Gasteiger partial charge in [-0.2, -0.15) is 4.98 Å². The first-order valence-electron chi connectivity index (χ1n) is 9.76. The van der Waals surface area contributed by atoms with Crippen molar-refractivity contribution in [2.45, 2.75) is 43.1 Å². The van der Waals surface area contributed by atoms with Crippen LogP contribution in [0.5, 0.6) is 0 Å². The van der Waals surface area contributed by atoms with Crippen LogP contribution in [0.4, 0.5) is 0 Å². The predicted octanol–water partition coefficient (Wildman–Crippen LogP) is 4.85. The lowest BCUT2D eigenvalue weighted by Gasteiger charge is -2.09. The Labute approximate surface area is 173 Å². The molecule has 0 aliphatic heterocycles. The van der Waals surface area contributed by atoms with Crippen LogP contribution in [0.2, 0.25) is 0 Å². The number of thioether (sulfide) groups is 1. The van der Waals surface area contributed by atoms with Crippen LogP contribution in [0.1, 0.15) is 41.6 Å². The highest BCUT2D eigenvalue weighted by Gasteiger charge is 2.30. The van der Waals surface area contributed by atoms with E-state index in [0.717, 1.165) is 28.7 Å².